The second-order valence-corrected chi connectivity index (χ2v) is 5.61. The van der Waals surface area contributed by atoms with Crippen LogP contribution in [0.1, 0.15) is 15.9 Å². The average Bonchev–Trinajstić information content (AvgIpc) is 3.17. The van der Waals surface area contributed by atoms with Crippen molar-refractivity contribution in [3.8, 4) is 5.69 Å². The molecule has 0 radical (unpaired) electrons. The maximum Gasteiger partial charge on any atom is 0.253 e. The Kier molecular flexibility index (Phi) is 4.95. The Hall–Kier alpha value is -3.34. The Morgan fingerprint density at radius 3 is 2.28 bits per heavy atom. The van der Waals surface area contributed by atoms with Crippen LogP contribution in [0, 0.1) is 0 Å². The summed E-state index contributed by atoms with van der Waals surface area (Å²) < 4.78 is 2.00. The molecule has 3 rings (SSSR count). The van der Waals surface area contributed by atoms with Gasteiger partial charge in [-0.3, -0.25) is 9.59 Å². The van der Waals surface area contributed by atoms with Crippen LogP contribution in [0.5, 0.6) is 0 Å². The minimum atomic E-state index is -0.230. The molecule has 3 aromatic rings. The normalized spacial score (nSPS) is 10.3. The molecule has 0 aliphatic carbocycles. The fraction of sp³-hybridized carbons (Fsp3) is 0.100. The summed E-state index contributed by atoms with van der Waals surface area (Å²) in [7, 11) is 1.56. The predicted molar refractivity (Wildman–Crippen MR) is 97.9 cm³/mol. The number of carbonyl (C=O) groups is 2. The van der Waals surface area contributed by atoms with E-state index in [9.17, 15) is 9.59 Å². The third kappa shape index (κ3) is 3.95. The number of benzene rings is 2. The third-order valence-corrected chi connectivity index (χ3v) is 3.88. The number of para-hydroxylation sites is 1. The molecule has 0 saturated heterocycles. The number of nitrogens with zero attached hydrogens (tertiary/aromatic N) is 1. The Bertz CT molecular complexity index is 868. The zero-order valence-corrected chi connectivity index (χ0v) is 13.9. The zero-order valence-electron chi connectivity index (χ0n) is 13.9. The van der Waals surface area contributed by atoms with E-state index >= 15 is 0 Å². The highest BCUT2D eigenvalue weighted by atomic mass is 16.2. The fourth-order valence-electron chi connectivity index (χ4n) is 2.60. The van der Waals surface area contributed by atoms with E-state index < -0.39 is 0 Å². The van der Waals surface area contributed by atoms with Crippen LogP contribution in [0.15, 0.2) is 73.1 Å². The van der Waals surface area contributed by atoms with Gasteiger partial charge in [-0.05, 0) is 42.0 Å². The first-order valence-electron chi connectivity index (χ1n) is 8.00. The van der Waals surface area contributed by atoms with Crippen molar-refractivity contribution in [1.29, 1.82) is 0 Å². The molecule has 2 N–H and O–H groups in total. The van der Waals surface area contributed by atoms with E-state index in [2.05, 4.69) is 10.6 Å². The van der Waals surface area contributed by atoms with Crippen LogP contribution in [-0.2, 0) is 11.2 Å². The molecule has 1 aromatic heterocycles. The minimum absolute atomic E-state index is 0.162. The number of rotatable bonds is 5. The van der Waals surface area contributed by atoms with E-state index in [1.54, 1.807) is 31.3 Å². The number of anilines is 1. The molecule has 0 aliphatic heterocycles. The highest BCUT2D eigenvalue weighted by Crippen LogP contribution is 2.16. The van der Waals surface area contributed by atoms with E-state index in [4.69, 9.17) is 0 Å². The number of aromatic nitrogens is 1. The monoisotopic (exact) mass is 333 g/mol. The third-order valence-electron chi connectivity index (χ3n) is 3.88. The molecule has 0 saturated carbocycles. The molecular formula is C20H19N3O2. The smallest absolute Gasteiger partial charge is 0.253 e. The van der Waals surface area contributed by atoms with Gasteiger partial charge in [0.1, 0.15) is 0 Å². The second kappa shape index (κ2) is 7.49. The van der Waals surface area contributed by atoms with Gasteiger partial charge in [-0.1, -0.05) is 24.3 Å². The van der Waals surface area contributed by atoms with E-state index in [1.807, 2.05) is 53.4 Å². The van der Waals surface area contributed by atoms with Gasteiger partial charge in [0, 0.05) is 25.1 Å². The highest BCUT2D eigenvalue weighted by Gasteiger charge is 2.12. The van der Waals surface area contributed by atoms with Gasteiger partial charge in [-0.2, -0.15) is 0 Å². The fourth-order valence-corrected chi connectivity index (χ4v) is 2.60. The van der Waals surface area contributed by atoms with Crippen LogP contribution in [0.2, 0.25) is 0 Å². The van der Waals surface area contributed by atoms with Gasteiger partial charge in [-0.15, -0.1) is 0 Å². The predicted octanol–water partition coefficient (Wildman–Crippen LogP) is 3.02. The largest absolute Gasteiger partial charge is 0.355 e. The summed E-state index contributed by atoms with van der Waals surface area (Å²) in [5.41, 5.74) is 2.90. The topological polar surface area (TPSA) is 63.1 Å². The van der Waals surface area contributed by atoms with Gasteiger partial charge in [0.05, 0.1) is 17.7 Å². The molecule has 1 heterocycles. The summed E-state index contributed by atoms with van der Waals surface area (Å²) in [6.45, 7) is 0. The van der Waals surface area contributed by atoms with Crippen molar-refractivity contribution in [1.82, 2.24) is 9.88 Å². The second-order valence-electron chi connectivity index (χ2n) is 5.61. The number of carbonyl (C=O) groups excluding carboxylic acids is 2. The Morgan fingerprint density at radius 2 is 1.60 bits per heavy atom. The van der Waals surface area contributed by atoms with Crippen LogP contribution < -0.4 is 10.6 Å². The van der Waals surface area contributed by atoms with Crippen molar-refractivity contribution in [3.05, 3.63) is 84.2 Å². The van der Waals surface area contributed by atoms with Gasteiger partial charge in [0.2, 0.25) is 5.91 Å². The standard InChI is InChI=1S/C20H19N3O2/c1-21-20(25)17-6-2-3-7-18(17)22-19(24)14-15-8-10-16(11-9-15)23-12-4-5-13-23/h2-13H,14H2,1H3,(H,21,25)(H,22,24). The maximum absolute atomic E-state index is 12.3. The summed E-state index contributed by atoms with van der Waals surface area (Å²) in [6.07, 6.45) is 4.18. The first-order chi connectivity index (χ1) is 12.2. The lowest BCUT2D eigenvalue weighted by Gasteiger charge is -2.10. The molecule has 2 aromatic carbocycles. The number of hydrogen-bond donors (Lipinski definition) is 2. The highest BCUT2D eigenvalue weighted by molar-refractivity contribution is 6.03. The summed E-state index contributed by atoms with van der Waals surface area (Å²) in [4.78, 5) is 24.2. The van der Waals surface area contributed by atoms with Crippen molar-refractivity contribution in [2.75, 3.05) is 12.4 Å². The first-order valence-corrected chi connectivity index (χ1v) is 8.00. The zero-order chi connectivity index (χ0) is 17.6. The van der Waals surface area contributed by atoms with Crippen molar-refractivity contribution >= 4 is 17.5 Å². The molecule has 25 heavy (non-hydrogen) atoms. The molecule has 0 spiro atoms. The van der Waals surface area contributed by atoms with Gasteiger partial charge < -0.3 is 15.2 Å². The van der Waals surface area contributed by atoms with Crippen molar-refractivity contribution in [3.63, 3.8) is 0 Å². The minimum Gasteiger partial charge on any atom is -0.355 e. The summed E-state index contributed by atoms with van der Waals surface area (Å²) >= 11 is 0. The molecule has 2 amide bonds. The van der Waals surface area contributed by atoms with Crippen molar-refractivity contribution in [2.45, 2.75) is 6.42 Å². The van der Waals surface area contributed by atoms with Gasteiger partial charge in [0.25, 0.3) is 5.91 Å². The van der Waals surface area contributed by atoms with Crippen LogP contribution in [0.3, 0.4) is 0 Å². The van der Waals surface area contributed by atoms with E-state index in [1.165, 1.54) is 0 Å². The number of hydrogen-bond acceptors (Lipinski definition) is 2. The Balaban J connectivity index is 1.68. The summed E-state index contributed by atoms with van der Waals surface area (Å²) in [5, 5.41) is 5.38. The molecule has 126 valence electrons. The number of amides is 2. The Labute approximate surface area is 146 Å². The molecular weight excluding hydrogens is 314 g/mol. The molecule has 0 fully saturated rings. The van der Waals surface area contributed by atoms with Crippen LogP contribution in [-0.4, -0.2) is 23.4 Å². The van der Waals surface area contributed by atoms with E-state index in [-0.39, 0.29) is 18.2 Å². The maximum atomic E-state index is 12.3. The van der Waals surface area contributed by atoms with Crippen molar-refractivity contribution < 1.29 is 9.59 Å². The average molecular weight is 333 g/mol. The lowest BCUT2D eigenvalue weighted by molar-refractivity contribution is -0.115. The van der Waals surface area contributed by atoms with Crippen LogP contribution in [0.25, 0.3) is 5.69 Å². The first kappa shape index (κ1) is 16.5. The lowest BCUT2D eigenvalue weighted by atomic mass is 10.1. The van der Waals surface area contributed by atoms with Gasteiger partial charge in [-0.25, -0.2) is 0 Å². The molecule has 0 aliphatic rings. The molecule has 0 bridgehead atoms. The van der Waals surface area contributed by atoms with Crippen LogP contribution >= 0.6 is 0 Å². The summed E-state index contributed by atoms with van der Waals surface area (Å²) in [6, 6.07) is 18.7. The summed E-state index contributed by atoms with van der Waals surface area (Å²) in [5.74, 6) is -0.392. The SMILES string of the molecule is CNC(=O)c1ccccc1NC(=O)Cc1ccc(-n2cccc2)cc1. The van der Waals surface area contributed by atoms with E-state index in [0.717, 1.165) is 11.3 Å². The number of nitrogens with one attached hydrogen (secondary N) is 2. The van der Waals surface area contributed by atoms with E-state index in [0.29, 0.717) is 11.3 Å². The van der Waals surface area contributed by atoms with Gasteiger partial charge in [0.15, 0.2) is 0 Å². The quantitative estimate of drug-likeness (QED) is 0.754. The lowest BCUT2D eigenvalue weighted by Crippen LogP contribution is -2.22. The van der Waals surface area contributed by atoms with Gasteiger partial charge >= 0.3 is 0 Å². The Morgan fingerprint density at radius 1 is 0.920 bits per heavy atom. The molecule has 0 unspecified atom stereocenters. The van der Waals surface area contributed by atoms with Crippen LogP contribution in [0.4, 0.5) is 5.69 Å². The molecule has 5 heteroatoms. The van der Waals surface area contributed by atoms with Crippen molar-refractivity contribution in [2.24, 2.45) is 0 Å². The molecule has 5 nitrogen and oxygen atoms in total. The molecule has 0 atom stereocenters.